The molecule has 3 heteroatoms. The van der Waals surface area contributed by atoms with Crippen molar-refractivity contribution in [3.8, 4) is 0 Å². The molecule has 1 heterocycles. The van der Waals surface area contributed by atoms with Crippen molar-refractivity contribution in [1.29, 1.82) is 0 Å². The molecule has 3 nitrogen and oxygen atoms in total. The Morgan fingerprint density at radius 1 is 1.41 bits per heavy atom. The second-order valence-electron chi connectivity index (χ2n) is 5.14. The zero-order chi connectivity index (χ0) is 12.0. The van der Waals surface area contributed by atoms with Crippen LogP contribution in [-0.4, -0.2) is 4.98 Å². The van der Waals surface area contributed by atoms with Gasteiger partial charge in [0.05, 0.1) is 0 Å². The highest BCUT2D eigenvalue weighted by atomic mass is 14.8. The van der Waals surface area contributed by atoms with Gasteiger partial charge in [-0.1, -0.05) is 13.3 Å². The smallest absolute Gasteiger partial charge is 0.0460 e. The van der Waals surface area contributed by atoms with Crippen LogP contribution in [0.1, 0.15) is 37.1 Å². The maximum Gasteiger partial charge on any atom is 0.0460 e. The third-order valence-electron chi connectivity index (χ3n) is 3.99. The zero-order valence-electron chi connectivity index (χ0n) is 10.2. The van der Waals surface area contributed by atoms with Crippen LogP contribution in [0.3, 0.4) is 0 Å². The molecule has 90 valence electrons. The van der Waals surface area contributed by atoms with Gasteiger partial charge in [0, 0.05) is 28.3 Å². The lowest BCUT2D eigenvalue weighted by molar-refractivity contribution is 0.394. The van der Waals surface area contributed by atoms with Crippen molar-refractivity contribution in [1.82, 2.24) is 4.98 Å². The molecule has 1 aromatic carbocycles. The Bertz CT molecular complexity index is 556. The highest BCUT2D eigenvalue weighted by Crippen LogP contribution is 2.37. The normalized spacial score (nSPS) is 23.9. The van der Waals surface area contributed by atoms with Gasteiger partial charge in [0.1, 0.15) is 0 Å². The molecule has 5 N–H and O–H groups in total. The summed E-state index contributed by atoms with van der Waals surface area (Å²) in [5.74, 6) is 0.706. The number of nitrogens with one attached hydrogen (secondary N) is 1. The standard InChI is InChI=1S/C14H19N3/c1-2-8-5-11-10-7-9(15)3-4-13(10)17-14(11)12(16)6-8/h3-4,7-8,12,17H,2,5-6,15-16H2,1H3. The number of benzene rings is 1. The molecule has 1 aliphatic rings. The van der Waals surface area contributed by atoms with Gasteiger partial charge in [0.2, 0.25) is 0 Å². The third kappa shape index (κ3) is 1.62. The zero-order valence-corrected chi connectivity index (χ0v) is 10.2. The highest BCUT2D eigenvalue weighted by molar-refractivity contribution is 5.87. The minimum Gasteiger partial charge on any atom is -0.399 e. The fourth-order valence-electron chi connectivity index (χ4n) is 2.98. The summed E-state index contributed by atoms with van der Waals surface area (Å²) in [7, 11) is 0. The molecule has 2 atom stereocenters. The first-order valence-electron chi connectivity index (χ1n) is 6.34. The summed E-state index contributed by atoms with van der Waals surface area (Å²) in [6.45, 7) is 2.24. The number of anilines is 1. The van der Waals surface area contributed by atoms with E-state index in [1.165, 1.54) is 23.1 Å². The van der Waals surface area contributed by atoms with Gasteiger partial charge >= 0.3 is 0 Å². The monoisotopic (exact) mass is 229 g/mol. The van der Waals surface area contributed by atoms with Crippen LogP contribution in [0.4, 0.5) is 5.69 Å². The van der Waals surface area contributed by atoms with Gasteiger partial charge in [0.15, 0.2) is 0 Å². The SMILES string of the molecule is CCC1Cc2c([nH]c3ccc(N)cc23)C(N)C1. The van der Waals surface area contributed by atoms with Gasteiger partial charge < -0.3 is 16.5 Å². The third-order valence-corrected chi connectivity index (χ3v) is 3.99. The molecule has 1 aliphatic carbocycles. The summed E-state index contributed by atoms with van der Waals surface area (Å²) in [4.78, 5) is 3.46. The minimum absolute atomic E-state index is 0.150. The minimum atomic E-state index is 0.150. The number of aromatic amines is 1. The number of rotatable bonds is 1. The average molecular weight is 229 g/mol. The van der Waals surface area contributed by atoms with Gasteiger partial charge in [-0.15, -0.1) is 0 Å². The van der Waals surface area contributed by atoms with Crippen molar-refractivity contribution in [3.63, 3.8) is 0 Å². The molecule has 0 spiro atoms. The van der Waals surface area contributed by atoms with Crippen LogP contribution in [0.15, 0.2) is 18.2 Å². The van der Waals surface area contributed by atoms with Crippen LogP contribution in [0, 0.1) is 5.92 Å². The van der Waals surface area contributed by atoms with E-state index in [4.69, 9.17) is 11.5 Å². The van der Waals surface area contributed by atoms with Crippen LogP contribution in [-0.2, 0) is 6.42 Å². The van der Waals surface area contributed by atoms with E-state index in [0.717, 1.165) is 24.0 Å². The predicted octanol–water partition coefficient (Wildman–Crippen LogP) is 2.72. The molecule has 2 aromatic rings. The number of hydrogen-bond acceptors (Lipinski definition) is 2. The lowest BCUT2D eigenvalue weighted by Crippen LogP contribution is -2.23. The number of nitrogen functional groups attached to an aromatic ring is 1. The topological polar surface area (TPSA) is 67.8 Å². The molecule has 2 unspecified atom stereocenters. The molecule has 0 aliphatic heterocycles. The Balaban J connectivity index is 2.19. The maximum atomic E-state index is 6.25. The lowest BCUT2D eigenvalue weighted by atomic mass is 9.82. The molecular weight excluding hydrogens is 210 g/mol. The highest BCUT2D eigenvalue weighted by Gasteiger charge is 2.26. The molecule has 0 fully saturated rings. The molecule has 0 amide bonds. The summed E-state index contributed by atoms with van der Waals surface area (Å²) in [5, 5.41) is 1.26. The van der Waals surface area contributed by atoms with Gasteiger partial charge in [-0.2, -0.15) is 0 Å². The first-order chi connectivity index (χ1) is 8.19. The molecule has 0 bridgehead atoms. The molecule has 0 saturated heterocycles. The van der Waals surface area contributed by atoms with Gasteiger partial charge in [-0.05, 0) is 42.5 Å². The molecule has 0 radical (unpaired) electrons. The first kappa shape index (κ1) is 10.7. The second-order valence-corrected chi connectivity index (χ2v) is 5.14. The summed E-state index contributed by atoms with van der Waals surface area (Å²) in [5.41, 5.74) is 16.7. The van der Waals surface area contributed by atoms with Crippen molar-refractivity contribution in [2.75, 3.05) is 5.73 Å². The van der Waals surface area contributed by atoms with Crippen LogP contribution < -0.4 is 11.5 Å². The van der Waals surface area contributed by atoms with E-state index in [9.17, 15) is 0 Å². The predicted molar refractivity (Wildman–Crippen MR) is 71.7 cm³/mol. The Morgan fingerprint density at radius 3 is 3.00 bits per heavy atom. The Kier molecular flexibility index (Phi) is 2.37. The van der Waals surface area contributed by atoms with Crippen LogP contribution in [0.2, 0.25) is 0 Å². The van der Waals surface area contributed by atoms with Crippen molar-refractivity contribution in [3.05, 3.63) is 29.5 Å². The van der Waals surface area contributed by atoms with E-state index in [2.05, 4.69) is 24.0 Å². The number of fused-ring (bicyclic) bond motifs is 3. The number of aromatic nitrogens is 1. The molecule has 1 aromatic heterocycles. The van der Waals surface area contributed by atoms with E-state index in [1.807, 2.05) is 6.07 Å². The Hall–Kier alpha value is -1.48. The van der Waals surface area contributed by atoms with Crippen LogP contribution in [0.5, 0.6) is 0 Å². The molecule has 0 saturated carbocycles. The summed E-state index contributed by atoms with van der Waals surface area (Å²) in [6.07, 6.45) is 3.41. The molecule has 17 heavy (non-hydrogen) atoms. The largest absolute Gasteiger partial charge is 0.399 e. The summed E-state index contributed by atoms with van der Waals surface area (Å²) >= 11 is 0. The quantitative estimate of drug-likeness (QED) is 0.658. The van der Waals surface area contributed by atoms with Crippen molar-refractivity contribution >= 4 is 16.6 Å². The van der Waals surface area contributed by atoms with E-state index in [-0.39, 0.29) is 6.04 Å². The Labute approximate surface area is 101 Å². The first-order valence-corrected chi connectivity index (χ1v) is 6.34. The van der Waals surface area contributed by atoms with Crippen molar-refractivity contribution in [2.24, 2.45) is 11.7 Å². The molecular formula is C14H19N3. The van der Waals surface area contributed by atoms with E-state index in [1.54, 1.807) is 0 Å². The van der Waals surface area contributed by atoms with Gasteiger partial charge in [-0.25, -0.2) is 0 Å². The number of nitrogens with two attached hydrogens (primary N) is 2. The summed E-state index contributed by atoms with van der Waals surface area (Å²) < 4.78 is 0. The fourth-order valence-corrected chi connectivity index (χ4v) is 2.98. The number of hydrogen-bond donors (Lipinski definition) is 3. The maximum absolute atomic E-state index is 6.25. The van der Waals surface area contributed by atoms with E-state index >= 15 is 0 Å². The fraction of sp³-hybridized carbons (Fsp3) is 0.429. The van der Waals surface area contributed by atoms with E-state index in [0.29, 0.717) is 5.92 Å². The van der Waals surface area contributed by atoms with Gasteiger partial charge in [0.25, 0.3) is 0 Å². The van der Waals surface area contributed by atoms with Crippen molar-refractivity contribution in [2.45, 2.75) is 32.2 Å². The molecule has 3 rings (SSSR count). The average Bonchev–Trinajstić information content (AvgIpc) is 2.68. The lowest BCUT2D eigenvalue weighted by Gasteiger charge is -2.26. The second kappa shape index (κ2) is 3.77. The van der Waals surface area contributed by atoms with Gasteiger partial charge in [-0.3, -0.25) is 0 Å². The number of H-pyrrole nitrogens is 1. The van der Waals surface area contributed by atoms with Crippen LogP contribution in [0.25, 0.3) is 10.9 Å². The van der Waals surface area contributed by atoms with Crippen molar-refractivity contribution < 1.29 is 0 Å². The Morgan fingerprint density at radius 2 is 2.24 bits per heavy atom. The van der Waals surface area contributed by atoms with E-state index < -0.39 is 0 Å². The summed E-state index contributed by atoms with van der Waals surface area (Å²) in [6, 6.07) is 6.21. The van der Waals surface area contributed by atoms with Crippen LogP contribution >= 0.6 is 0 Å².